The lowest BCUT2D eigenvalue weighted by Gasteiger charge is -2.26. The van der Waals surface area contributed by atoms with Gasteiger partial charge in [0.25, 0.3) is 5.56 Å². The van der Waals surface area contributed by atoms with Crippen molar-refractivity contribution in [3.8, 4) is 5.75 Å². The molecule has 2 aromatic heterocycles. The van der Waals surface area contributed by atoms with E-state index in [1.165, 1.54) is 48.7 Å². The number of aliphatic hydroxyl groups is 1. The molecule has 1 saturated heterocycles. The number of halogens is 1. The minimum Gasteiger partial charge on any atom is -0.462 e. The predicted octanol–water partition coefficient (Wildman–Crippen LogP) is 3.75. The lowest BCUT2D eigenvalue weighted by molar-refractivity contribution is -0.151. The minimum absolute atomic E-state index is 0.0890. The van der Waals surface area contributed by atoms with E-state index in [-0.39, 0.29) is 12.4 Å². The van der Waals surface area contributed by atoms with Crippen molar-refractivity contribution in [2.45, 2.75) is 83.3 Å². The van der Waals surface area contributed by atoms with Gasteiger partial charge in [0.15, 0.2) is 24.7 Å². The number of benzene rings is 2. The third-order valence-electron chi connectivity index (χ3n) is 8.30. The van der Waals surface area contributed by atoms with Gasteiger partial charge >= 0.3 is 31.5 Å². The van der Waals surface area contributed by atoms with Crippen LogP contribution in [-0.2, 0) is 51.0 Å². The van der Waals surface area contributed by atoms with Gasteiger partial charge in [0.05, 0.1) is 23.1 Å². The average Bonchev–Trinajstić information content (AvgIpc) is 3.78. The molecule has 3 N–H and O–H groups in total. The van der Waals surface area contributed by atoms with Crippen LogP contribution < -0.4 is 26.2 Å². The average molecular weight is 834 g/mol. The molecule has 1 aliphatic heterocycles. The molecule has 1 fully saturated rings. The van der Waals surface area contributed by atoms with Gasteiger partial charge in [-0.2, -0.15) is 5.09 Å². The summed E-state index contributed by atoms with van der Waals surface area (Å²) < 4.78 is 64.0. The molecule has 1 unspecified atom stereocenters. The number of hydrogen-bond donors (Lipinski definition) is 3. The molecule has 0 saturated carbocycles. The van der Waals surface area contributed by atoms with Crippen molar-refractivity contribution in [2.75, 3.05) is 6.61 Å². The van der Waals surface area contributed by atoms with Crippen LogP contribution in [-0.4, -0.2) is 73.9 Å². The highest BCUT2D eigenvalue weighted by Gasteiger charge is 2.56. The molecule has 5 rings (SSSR count). The first-order valence-corrected chi connectivity index (χ1v) is 19.8. The Kier molecular flexibility index (Phi) is 14.1. The summed E-state index contributed by atoms with van der Waals surface area (Å²) in [6.45, 7) is 3.70. The second-order valence-electron chi connectivity index (χ2n) is 13.1. The Morgan fingerprint density at radius 3 is 2.37 bits per heavy atom. The molecule has 4 aromatic rings. The van der Waals surface area contributed by atoms with Crippen molar-refractivity contribution >= 4 is 37.1 Å². The maximum Gasteiger partial charge on any atom is 0.459 e. The van der Waals surface area contributed by atoms with E-state index in [0.717, 1.165) is 19.2 Å². The van der Waals surface area contributed by atoms with Crippen molar-refractivity contribution in [1.82, 2.24) is 24.5 Å². The number of nitrogens with one attached hydrogen (secondary N) is 2. The van der Waals surface area contributed by atoms with E-state index in [9.17, 15) is 33.6 Å². The van der Waals surface area contributed by atoms with Gasteiger partial charge in [-0.05, 0) is 45.4 Å². The summed E-state index contributed by atoms with van der Waals surface area (Å²) in [6, 6.07) is 14.0. The molecule has 0 aliphatic carbocycles. The van der Waals surface area contributed by atoms with Crippen LogP contribution in [0.3, 0.4) is 0 Å². The number of thiazole rings is 1. The molecule has 1 aliphatic rings. The number of amides is 1. The van der Waals surface area contributed by atoms with Gasteiger partial charge in [-0.1, -0.05) is 48.5 Å². The number of alkyl carbamates (subject to hydrolysis) is 1. The van der Waals surface area contributed by atoms with Crippen LogP contribution in [0.5, 0.6) is 5.75 Å². The number of alkyl halides is 1. The van der Waals surface area contributed by atoms with Crippen LogP contribution in [0.25, 0.3) is 0 Å². The molecule has 0 spiro atoms. The highest BCUT2D eigenvalue weighted by Crippen LogP contribution is 2.47. The Hall–Kier alpha value is -5.24. The summed E-state index contributed by atoms with van der Waals surface area (Å²) in [6.07, 6.45) is -4.45. The molecule has 3 heterocycles. The van der Waals surface area contributed by atoms with E-state index in [1.807, 2.05) is 0 Å². The maximum absolute atomic E-state index is 16.3. The fourth-order valence-corrected chi connectivity index (χ4v) is 7.44. The second-order valence-corrected chi connectivity index (χ2v) is 15.7. The first-order valence-electron chi connectivity index (χ1n) is 17.4. The molecule has 0 radical (unpaired) electrons. The zero-order chi connectivity index (χ0) is 41.3. The number of para-hydroxylation sites is 1. The van der Waals surface area contributed by atoms with Crippen LogP contribution in [0.2, 0.25) is 0 Å². The summed E-state index contributed by atoms with van der Waals surface area (Å²) in [5.74, 6) is -1.75. The third kappa shape index (κ3) is 11.0. The van der Waals surface area contributed by atoms with E-state index in [2.05, 4.69) is 15.4 Å². The van der Waals surface area contributed by atoms with E-state index >= 15 is 4.39 Å². The molecule has 18 nitrogen and oxygen atoms in total. The number of aromatic nitrogens is 3. The number of hydrogen-bond acceptors (Lipinski definition) is 15. The topological polar surface area (TPSA) is 225 Å². The van der Waals surface area contributed by atoms with Crippen molar-refractivity contribution in [2.24, 2.45) is 0 Å². The maximum atomic E-state index is 16.3. The SMILES string of the molecule is CC(C)OC(=O)[C@H](C)NP(=O)(OC[C@H]1O[C@@H](n2ccc(=O)n(COC(=O)[C@H](NC(=O)OCc3cncs3)c3ccccc3)c2=O)[C@](C)(F)[C@@H]1O)Oc1ccccc1. The zero-order valence-corrected chi connectivity index (χ0v) is 32.8. The fraction of sp³-hybridized carbons (Fsp3) is 0.389. The molecule has 21 heteroatoms. The Balaban J connectivity index is 1.30. The quantitative estimate of drug-likeness (QED) is 0.0783. The van der Waals surface area contributed by atoms with Crippen LogP contribution in [0.4, 0.5) is 9.18 Å². The number of rotatable bonds is 17. The monoisotopic (exact) mass is 833 g/mol. The normalized spacial score (nSPS) is 21.2. The number of nitrogens with zero attached hydrogens (tertiary/aromatic N) is 3. The largest absolute Gasteiger partial charge is 0.462 e. The van der Waals surface area contributed by atoms with Gasteiger partial charge in [-0.15, -0.1) is 11.3 Å². The van der Waals surface area contributed by atoms with Gasteiger partial charge in [-0.25, -0.2) is 27.9 Å². The van der Waals surface area contributed by atoms with E-state index in [0.29, 0.717) is 19.6 Å². The third-order valence-corrected chi connectivity index (χ3v) is 10.7. The van der Waals surface area contributed by atoms with Crippen molar-refractivity contribution < 1.29 is 56.4 Å². The highest BCUT2D eigenvalue weighted by atomic mass is 32.1. The summed E-state index contributed by atoms with van der Waals surface area (Å²) in [5, 5.41) is 15.9. The van der Waals surface area contributed by atoms with Crippen molar-refractivity contribution in [3.05, 3.63) is 116 Å². The lowest BCUT2D eigenvalue weighted by Crippen LogP contribution is -2.47. The number of esters is 2. The molecule has 1 amide bonds. The summed E-state index contributed by atoms with van der Waals surface area (Å²) in [7, 11) is -4.47. The van der Waals surface area contributed by atoms with E-state index in [1.54, 1.807) is 55.8 Å². The number of carbonyl (C=O) groups is 3. The predicted molar refractivity (Wildman–Crippen MR) is 200 cm³/mol. The molecule has 306 valence electrons. The van der Waals surface area contributed by atoms with Gasteiger partial charge < -0.3 is 33.9 Å². The number of ether oxygens (including phenoxy) is 4. The van der Waals surface area contributed by atoms with Crippen molar-refractivity contribution in [3.63, 3.8) is 0 Å². The minimum atomic E-state index is -4.47. The smallest absolute Gasteiger partial charge is 0.459 e. The van der Waals surface area contributed by atoms with E-state index < -0.39 is 92.7 Å². The fourth-order valence-electron chi connectivity index (χ4n) is 5.43. The van der Waals surface area contributed by atoms with Gasteiger partial charge in [-0.3, -0.25) is 23.7 Å². The van der Waals surface area contributed by atoms with Gasteiger partial charge in [0.2, 0.25) is 0 Å². The van der Waals surface area contributed by atoms with Crippen LogP contribution in [0.1, 0.15) is 50.4 Å². The highest BCUT2D eigenvalue weighted by molar-refractivity contribution is 7.52. The first kappa shape index (κ1) is 42.9. The number of carbonyl (C=O) groups excluding carboxylic acids is 3. The lowest BCUT2D eigenvalue weighted by atomic mass is 9.98. The first-order chi connectivity index (χ1) is 27.1. The van der Waals surface area contributed by atoms with Crippen LogP contribution in [0, 0.1) is 0 Å². The Morgan fingerprint density at radius 2 is 1.72 bits per heavy atom. The summed E-state index contributed by atoms with van der Waals surface area (Å²) >= 11 is 1.26. The van der Waals surface area contributed by atoms with E-state index in [4.69, 9.17) is 28.0 Å². The Bertz CT molecular complexity index is 2150. The Morgan fingerprint density at radius 1 is 1.04 bits per heavy atom. The summed E-state index contributed by atoms with van der Waals surface area (Å²) in [4.78, 5) is 69.5. The summed E-state index contributed by atoms with van der Waals surface area (Å²) in [5.41, 5.74) is -3.00. The van der Waals surface area contributed by atoms with Crippen molar-refractivity contribution in [1.29, 1.82) is 0 Å². The van der Waals surface area contributed by atoms with Gasteiger partial charge in [0.1, 0.15) is 30.6 Å². The zero-order valence-electron chi connectivity index (χ0n) is 31.1. The molecule has 2 aromatic carbocycles. The Labute approximate surface area is 329 Å². The van der Waals surface area contributed by atoms with Crippen LogP contribution in [0.15, 0.2) is 94.2 Å². The van der Waals surface area contributed by atoms with Crippen LogP contribution >= 0.6 is 19.1 Å². The molecule has 0 bridgehead atoms. The molecule has 57 heavy (non-hydrogen) atoms. The van der Waals surface area contributed by atoms with Gasteiger partial charge in [0, 0.05) is 18.5 Å². The molecule has 7 atom stereocenters. The second kappa shape index (κ2) is 18.8. The number of aliphatic hydroxyl groups excluding tert-OH is 1. The molecular weight excluding hydrogens is 792 g/mol. The molecular formula is C36H41FN5O13PS. The standard InChI is InChI=1S/C36H41FN5O13PS/c1-22(2)53-31(45)23(3)40-56(49,55-25-13-9-6-10-14-25)52-19-27-30(44)36(4,37)33(54-27)41-16-15-28(43)42(35(41)48)21-51-32(46)29(24-11-7-5-8-12-24)39-34(47)50-18-26-17-38-20-57-26/h5-17,20,22-23,27,29-30,33,44H,18-19,21H2,1-4H3,(H,39,47)(H,40,49)/t23-,27+,29+,30+,33+,36+,56?/m0/s1.